The predicted octanol–water partition coefficient (Wildman–Crippen LogP) is 6.05. The van der Waals surface area contributed by atoms with E-state index in [1.54, 1.807) is 48.5 Å². The van der Waals surface area contributed by atoms with Gasteiger partial charge in [0.2, 0.25) is 0 Å². The first-order valence-corrected chi connectivity index (χ1v) is 10.5. The molecule has 1 amide bonds. The second kappa shape index (κ2) is 11.2. The lowest BCUT2D eigenvalue weighted by Gasteiger charge is -2.07. The number of hydrogen-bond donors (Lipinski definition) is 1. The van der Waals surface area contributed by atoms with Gasteiger partial charge >= 0.3 is 5.97 Å². The molecular formula is C22H14Cl4N2O4. The van der Waals surface area contributed by atoms with Crippen LogP contribution in [0.15, 0.2) is 65.8 Å². The zero-order chi connectivity index (χ0) is 23.1. The lowest BCUT2D eigenvalue weighted by Crippen LogP contribution is -2.24. The standard InChI is InChI=1S/C22H14Cl4N2O4/c23-14-6-9-16(18(25)10-14)22(30)32-15-7-4-13(5-8-15)11-27-28-20(29)12-31-19-3-1-2-17(24)21(19)26/h1-11H,12H2,(H,28,29). The summed E-state index contributed by atoms with van der Waals surface area (Å²) in [5.41, 5.74) is 3.19. The van der Waals surface area contributed by atoms with Gasteiger partial charge in [0, 0.05) is 5.02 Å². The maximum absolute atomic E-state index is 12.2. The molecule has 0 aliphatic carbocycles. The molecule has 0 bridgehead atoms. The smallest absolute Gasteiger partial charge is 0.345 e. The molecule has 164 valence electrons. The topological polar surface area (TPSA) is 77.0 Å². The Bertz CT molecular complexity index is 1170. The van der Waals surface area contributed by atoms with E-state index in [4.69, 9.17) is 55.9 Å². The molecule has 0 aliphatic rings. The van der Waals surface area contributed by atoms with Gasteiger partial charge in [-0.2, -0.15) is 5.10 Å². The Hall–Kier alpha value is -2.77. The van der Waals surface area contributed by atoms with E-state index in [1.165, 1.54) is 18.3 Å². The molecule has 0 spiro atoms. The number of benzene rings is 3. The maximum atomic E-state index is 12.2. The summed E-state index contributed by atoms with van der Waals surface area (Å²) in [5.74, 6) is -0.486. The number of esters is 1. The number of nitrogens with zero attached hydrogens (tertiary/aromatic N) is 1. The molecular weight excluding hydrogens is 498 g/mol. The molecule has 0 aromatic heterocycles. The number of rotatable bonds is 7. The summed E-state index contributed by atoms with van der Waals surface area (Å²) >= 11 is 23.7. The van der Waals surface area contributed by atoms with E-state index in [2.05, 4.69) is 10.5 Å². The van der Waals surface area contributed by atoms with Gasteiger partial charge in [0.25, 0.3) is 5.91 Å². The molecule has 0 heterocycles. The number of hydrogen-bond acceptors (Lipinski definition) is 5. The Kier molecular flexibility index (Phi) is 8.36. The van der Waals surface area contributed by atoms with Crippen LogP contribution >= 0.6 is 46.4 Å². The Morgan fingerprint density at radius 1 is 0.938 bits per heavy atom. The van der Waals surface area contributed by atoms with Crippen molar-refractivity contribution in [3.05, 3.63) is 91.9 Å². The number of carbonyl (C=O) groups excluding carboxylic acids is 2. The van der Waals surface area contributed by atoms with Crippen molar-refractivity contribution < 1.29 is 19.1 Å². The number of nitrogens with one attached hydrogen (secondary N) is 1. The van der Waals surface area contributed by atoms with E-state index < -0.39 is 11.9 Å². The molecule has 3 aromatic carbocycles. The third-order valence-corrected chi connectivity index (χ3v) is 5.27. The Morgan fingerprint density at radius 3 is 2.41 bits per heavy atom. The summed E-state index contributed by atoms with van der Waals surface area (Å²) in [6.45, 7) is -0.292. The van der Waals surface area contributed by atoms with Crippen LogP contribution < -0.4 is 14.9 Å². The second-order valence-corrected chi connectivity index (χ2v) is 7.85. The van der Waals surface area contributed by atoms with Crippen LogP contribution in [0.4, 0.5) is 0 Å². The highest BCUT2D eigenvalue weighted by Crippen LogP contribution is 2.31. The van der Waals surface area contributed by atoms with Gasteiger partial charge in [-0.05, 0) is 60.2 Å². The number of halogens is 4. The lowest BCUT2D eigenvalue weighted by atomic mass is 10.2. The summed E-state index contributed by atoms with van der Waals surface area (Å²) in [4.78, 5) is 24.1. The van der Waals surface area contributed by atoms with Gasteiger partial charge in [0.1, 0.15) is 16.5 Å². The Labute approximate surface area is 203 Å². The van der Waals surface area contributed by atoms with E-state index in [0.29, 0.717) is 27.1 Å². The zero-order valence-electron chi connectivity index (χ0n) is 16.2. The molecule has 3 rings (SSSR count). The van der Waals surface area contributed by atoms with Gasteiger partial charge in [-0.25, -0.2) is 10.2 Å². The molecule has 10 heteroatoms. The molecule has 0 radical (unpaired) electrons. The zero-order valence-corrected chi connectivity index (χ0v) is 19.2. The highest BCUT2D eigenvalue weighted by atomic mass is 35.5. The minimum Gasteiger partial charge on any atom is -0.482 e. The third kappa shape index (κ3) is 6.61. The van der Waals surface area contributed by atoms with Crippen molar-refractivity contribution >= 4 is 64.5 Å². The average molecular weight is 512 g/mol. The van der Waals surface area contributed by atoms with Crippen molar-refractivity contribution in [2.45, 2.75) is 0 Å². The van der Waals surface area contributed by atoms with E-state index in [9.17, 15) is 9.59 Å². The Balaban J connectivity index is 1.50. The normalized spacial score (nSPS) is 10.8. The molecule has 6 nitrogen and oxygen atoms in total. The number of amides is 1. The van der Waals surface area contributed by atoms with Crippen molar-refractivity contribution in [3.8, 4) is 11.5 Å². The van der Waals surface area contributed by atoms with Gasteiger partial charge in [-0.15, -0.1) is 0 Å². The summed E-state index contributed by atoms with van der Waals surface area (Å²) in [6, 6.07) is 15.8. The van der Waals surface area contributed by atoms with Crippen molar-refractivity contribution in [1.29, 1.82) is 0 Å². The van der Waals surface area contributed by atoms with Gasteiger partial charge in [0.05, 0.1) is 21.8 Å². The van der Waals surface area contributed by atoms with Gasteiger partial charge in [-0.3, -0.25) is 4.79 Å². The molecule has 0 saturated carbocycles. The highest BCUT2D eigenvalue weighted by Gasteiger charge is 2.13. The Morgan fingerprint density at radius 2 is 1.69 bits per heavy atom. The number of hydrazone groups is 1. The van der Waals surface area contributed by atoms with Gasteiger partial charge in [0.15, 0.2) is 6.61 Å². The average Bonchev–Trinajstić information content (AvgIpc) is 2.76. The summed E-state index contributed by atoms with van der Waals surface area (Å²) in [5, 5.41) is 5.02. The van der Waals surface area contributed by atoms with Crippen LogP contribution in [0.25, 0.3) is 0 Å². The molecule has 1 N–H and O–H groups in total. The minimum atomic E-state index is -0.611. The van der Waals surface area contributed by atoms with Crippen molar-refractivity contribution in [2.24, 2.45) is 5.10 Å². The predicted molar refractivity (Wildman–Crippen MR) is 126 cm³/mol. The maximum Gasteiger partial charge on any atom is 0.345 e. The van der Waals surface area contributed by atoms with Crippen LogP contribution in [0.5, 0.6) is 11.5 Å². The van der Waals surface area contributed by atoms with Crippen LogP contribution in [0.3, 0.4) is 0 Å². The third-order valence-electron chi connectivity index (χ3n) is 3.92. The number of ether oxygens (including phenoxy) is 2. The highest BCUT2D eigenvalue weighted by molar-refractivity contribution is 6.43. The fraction of sp³-hybridized carbons (Fsp3) is 0.0455. The molecule has 0 saturated heterocycles. The lowest BCUT2D eigenvalue weighted by molar-refractivity contribution is -0.123. The van der Waals surface area contributed by atoms with Gasteiger partial charge < -0.3 is 9.47 Å². The van der Waals surface area contributed by atoms with Crippen molar-refractivity contribution in [3.63, 3.8) is 0 Å². The molecule has 0 fully saturated rings. The molecule has 32 heavy (non-hydrogen) atoms. The minimum absolute atomic E-state index is 0.198. The van der Waals surface area contributed by atoms with Crippen LogP contribution in [0.2, 0.25) is 20.1 Å². The van der Waals surface area contributed by atoms with E-state index >= 15 is 0 Å². The van der Waals surface area contributed by atoms with E-state index in [1.807, 2.05) is 0 Å². The van der Waals surface area contributed by atoms with Crippen molar-refractivity contribution in [2.75, 3.05) is 6.61 Å². The van der Waals surface area contributed by atoms with Crippen molar-refractivity contribution in [1.82, 2.24) is 5.43 Å². The van der Waals surface area contributed by atoms with Crippen LogP contribution in [0, 0.1) is 0 Å². The largest absolute Gasteiger partial charge is 0.482 e. The van der Waals surface area contributed by atoms with Gasteiger partial charge in [-0.1, -0.05) is 52.5 Å². The fourth-order valence-corrected chi connectivity index (χ4v) is 3.22. The summed E-state index contributed by atoms with van der Waals surface area (Å²) < 4.78 is 10.6. The van der Waals surface area contributed by atoms with E-state index in [0.717, 1.165) is 0 Å². The summed E-state index contributed by atoms with van der Waals surface area (Å²) in [7, 11) is 0. The van der Waals surface area contributed by atoms with Crippen LogP contribution in [-0.2, 0) is 4.79 Å². The van der Waals surface area contributed by atoms with Crippen LogP contribution in [-0.4, -0.2) is 24.7 Å². The summed E-state index contributed by atoms with van der Waals surface area (Å²) in [6.07, 6.45) is 1.42. The first-order chi connectivity index (χ1) is 15.3. The monoisotopic (exact) mass is 510 g/mol. The molecule has 0 aliphatic heterocycles. The SMILES string of the molecule is O=C(COc1cccc(Cl)c1Cl)NN=Cc1ccc(OC(=O)c2ccc(Cl)cc2Cl)cc1. The molecule has 3 aromatic rings. The fourth-order valence-electron chi connectivity index (χ4n) is 2.39. The second-order valence-electron chi connectivity index (χ2n) is 6.22. The van der Waals surface area contributed by atoms with E-state index in [-0.39, 0.29) is 22.2 Å². The first-order valence-electron chi connectivity index (χ1n) is 8.99. The molecule has 0 atom stereocenters. The quantitative estimate of drug-likeness (QED) is 0.181. The van der Waals surface area contributed by atoms with Crippen LogP contribution in [0.1, 0.15) is 15.9 Å². The first kappa shape index (κ1) is 23.9. The number of carbonyl (C=O) groups is 2. The molecule has 0 unspecified atom stereocenters.